The summed E-state index contributed by atoms with van der Waals surface area (Å²) in [6, 6.07) is 12.0. The van der Waals surface area contributed by atoms with Crippen LogP contribution in [0.1, 0.15) is 25.0 Å². The third-order valence-electron chi connectivity index (χ3n) is 6.61. The zero-order chi connectivity index (χ0) is 33.3. The number of hydrogen-bond donors (Lipinski definition) is 4. The van der Waals surface area contributed by atoms with Crippen LogP contribution in [0.15, 0.2) is 121 Å². The van der Waals surface area contributed by atoms with Crippen LogP contribution in [0.4, 0.5) is 0 Å². The molecule has 0 fully saturated rings. The molecule has 0 aromatic heterocycles. The van der Waals surface area contributed by atoms with Crippen molar-refractivity contribution in [3.8, 4) is 11.5 Å². The number of rotatable bonds is 12. The molecular weight excluding hydrogens is 652 g/mol. The fraction of sp³-hybridized carbons (Fsp3) is 0.222. The molecule has 0 heterocycles. The number of hydrogen-bond acceptors (Lipinski definition) is 10. The third kappa shape index (κ3) is 13.0. The van der Waals surface area contributed by atoms with Crippen molar-refractivity contribution in [2.45, 2.75) is 38.8 Å². The molecule has 2 unspecified atom stereocenters. The van der Waals surface area contributed by atoms with Crippen molar-refractivity contribution < 1.29 is 55.9 Å². The summed E-state index contributed by atoms with van der Waals surface area (Å²) >= 11 is 0. The maximum absolute atomic E-state index is 12.1. The van der Waals surface area contributed by atoms with Crippen LogP contribution in [0.3, 0.4) is 0 Å². The Balaban J connectivity index is 0.000000320. The topological polar surface area (TPSA) is 151 Å². The van der Waals surface area contributed by atoms with Crippen molar-refractivity contribution in [2.75, 3.05) is 13.2 Å². The fourth-order valence-corrected chi connectivity index (χ4v) is 4.22. The molecule has 0 spiro atoms. The average Bonchev–Trinajstić information content (AvgIpc) is 3.05. The number of carbonyl (C=O) groups is 4. The van der Waals surface area contributed by atoms with E-state index in [2.05, 4.69) is 10.6 Å². The largest absolute Gasteiger partial charge is 0.508 e. The van der Waals surface area contributed by atoms with Crippen LogP contribution in [-0.2, 0) is 58.6 Å². The fourth-order valence-electron chi connectivity index (χ4n) is 4.22. The average molecular weight is 690 g/mol. The molecule has 10 nitrogen and oxygen atoms in total. The smallest absolute Gasteiger partial charge is 0.328 e. The molecule has 47 heavy (non-hydrogen) atoms. The first-order valence-corrected chi connectivity index (χ1v) is 14.8. The summed E-state index contributed by atoms with van der Waals surface area (Å²) in [7, 11) is 0. The van der Waals surface area contributed by atoms with Gasteiger partial charge in [-0.3, -0.25) is 9.59 Å². The van der Waals surface area contributed by atoms with Gasteiger partial charge in [-0.05, 0) is 73.5 Å². The summed E-state index contributed by atoms with van der Waals surface area (Å²) in [6.45, 7) is 4.05. The van der Waals surface area contributed by atoms with Crippen LogP contribution in [0.25, 0.3) is 0 Å². The van der Waals surface area contributed by atoms with Crippen LogP contribution in [0.2, 0.25) is 0 Å². The molecule has 4 rings (SSSR count). The Bertz CT molecular complexity index is 1440. The van der Waals surface area contributed by atoms with E-state index in [1.54, 1.807) is 98.8 Å². The van der Waals surface area contributed by atoms with Crippen LogP contribution in [0.5, 0.6) is 11.5 Å². The number of ether oxygens (including phenoxy) is 2. The van der Waals surface area contributed by atoms with Crippen LogP contribution in [0, 0.1) is 0 Å². The SMILES string of the molecule is CCOC(=O)C(Cc1ccc(O)cc1)N/C=C1/C=CC=CC1=O.CCOC(=O)C(Cc1ccc(O)cc1)N/C=C1\C=CC=CC1=O.[Cu]. The quantitative estimate of drug-likeness (QED) is 0.146. The summed E-state index contributed by atoms with van der Waals surface area (Å²) < 4.78 is 10.1. The molecule has 0 aliphatic heterocycles. The number of nitrogens with one attached hydrogen (secondary N) is 2. The van der Waals surface area contributed by atoms with Gasteiger partial charge in [0.15, 0.2) is 11.6 Å². The first-order valence-electron chi connectivity index (χ1n) is 14.8. The molecule has 2 aromatic carbocycles. The molecule has 2 aromatic rings. The van der Waals surface area contributed by atoms with Crippen molar-refractivity contribution >= 4 is 23.5 Å². The van der Waals surface area contributed by atoms with Gasteiger partial charge < -0.3 is 30.3 Å². The summed E-state index contributed by atoms with van der Waals surface area (Å²) in [4.78, 5) is 47.6. The number of aromatic hydroxyl groups is 2. The van der Waals surface area contributed by atoms with E-state index in [-0.39, 0.29) is 65.3 Å². The number of ketones is 2. The van der Waals surface area contributed by atoms with E-state index >= 15 is 0 Å². The van der Waals surface area contributed by atoms with Crippen molar-refractivity contribution in [1.82, 2.24) is 10.6 Å². The Kier molecular flexibility index (Phi) is 16.3. The second-order valence-corrected chi connectivity index (χ2v) is 10.0. The van der Waals surface area contributed by atoms with Gasteiger partial charge in [-0.25, -0.2) is 9.59 Å². The predicted octanol–water partition coefficient (Wildman–Crippen LogP) is 4.07. The van der Waals surface area contributed by atoms with Crippen molar-refractivity contribution in [1.29, 1.82) is 0 Å². The molecule has 0 saturated heterocycles. The Morgan fingerprint density at radius 3 is 1.30 bits per heavy atom. The zero-order valence-corrected chi connectivity index (χ0v) is 27.0. The molecular formula is C36H38CuN2O8. The summed E-state index contributed by atoms with van der Waals surface area (Å²) in [5.74, 6) is -0.678. The van der Waals surface area contributed by atoms with Crippen LogP contribution in [-0.4, -0.2) is 59.0 Å². The molecule has 251 valence electrons. The maximum Gasteiger partial charge on any atom is 0.328 e. The van der Waals surface area contributed by atoms with Gasteiger partial charge in [0.05, 0.1) is 13.2 Å². The Hall–Kier alpha value is -5.12. The van der Waals surface area contributed by atoms with Gasteiger partial charge in [-0.2, -0.15) is 0 Å². The molecule has 2 atom stereocenters. The number of esters is 2. The first-order chi connectivity index (χ1) is 22.2. The second kappa shape index (κ2) is 20.1. The van der Waals surface area contributed by atoms with E-state index < -0.39 is 12.1 Å². The van der Waals surface area contributed by atoms with Gasteiger partial charge in [-0.1, -0.05) is 48.6 Å². The van der Waals surface area contributed by atoms with Crippen molar-refractivity contribution in [3.05, 3.63) is 132 Å². The minimum Gasteiger partial charge on any atom is -0.508 e. The third-order valence-corrected chi connectivity index (χ3v) is 6.61. The number of phenols is 2. The maximum atomic E-state index is 12.1. The number of allylic oxidation sites excluding steroid dienone is 10. The van der Waals surface area contributed by atoms with Crippen LogP contribution < -0.4 is 10.6 Å². The summed E-state index contributed by atoms with van der Waals surface area (Å²) in [5.41, 5.74) is 2.70. The van der Waals surface area contributed by atoms with Gasteiger partial charge in [-0.15, -0.1) is 0 Å². The van der Waals surface area contributed by atoms with Crippen LogP contribution >= 0.6 is 0 Å². The minimum atomic E-state index is -0.612. The minimum absolute atomic E-state index is 0. The Morgan fingerprint density at radius 1 is 0.638 bits per heavy atom. The number of benzene rings is 2. The van der Waals surface area contributed by atoms with Crippen molar-refractivity contribution in [3.63, 3.8) is 0 Å². The number of carbonyl (C=O) groups excluding carboxylic acids is 4. The first kappa shape index (κ1) is 38.1. The normalized spacial score (nSPS) is 16.0. The standard InChI is InChI=1S/2C18H19NO4.Cu/c2*1-2-23-18(22)16(11-13-7-9-15(20)10-8-13)19-12-14-5-3-4-6-17(14)21;/h2*3-10,12,16,19-20H,2,11H2,1H3;/b14-12+;14-12-;. The van der Waals surface area contributed by atoms with E-state index in [9.17, 15) is 29.4 Å². The van der Waals surface area contributed by atoms with E-state index in [4.69, 9.17) is 9.47 Å². The second-order valence-electron chi connectivity index (χ2n) is 10.0. The molecule has 1 radical (unpaired) electrons. The Morgan fingerprint density at radius 2 is 0.979 bits per heavy atom. The van der Waals surface area contributed by atoms with Gasteiger partial charge in [0.2, 0.25) is 0 Å². The molecule has 0 saturated carbocycles. The summed E-state index contributed by atoms with van der Waals surface area (Å²) in [6.07, 6.45) is 17.0. The van der Waals surface area contributed by atoms with Gasteiger partial charge in [0.1, 0.15) is 23.6 Å². The molecule has 4 N–H and O–H groups in total. The van der Waals surface area contributed by atoms with E-state index in [0.29, 0.717) is 24.0 Å². The van der Waals surface area contributed by atoms with E-state index in [1.807, 2.05) is 0 Å². The zero-order valence-electron chi connectivity index (χ0n) is 26.0. The monoisotopic (exact) mass is 689 g/mol. The molecule has 2 aliphatic carbocycles. The predicted molar refractivity (Wildman–Crippen MR) is 173 cm³/mol. The van der Waals surface area contributed by atoms with Gasteiger partial charge >= 0.3 is 11.9 Å². The van der Waals surface area contributed by atoms with Gasteiger partial charge in [0, 0.05) is 53.5 Å². The molecule has 11 heteroatoms. The van der Waals surface area contributed by atoms with E-state index in [1.165, 1.54) is 24.6 Å². The molecule has 2 aliphatic rings. The Labute approximate surface area is 284 Å². The van der Waals surface area contributed by atoms with E-state index in [0.717, 1.165) is 11.1 Å². The molecule has 0 bridgehead atoms. The van der Waals surface area contributed by atoms with Gasteiger partial charge in [0.25, 0.3) is 0 Å². The number of phenolic OH excluding ortho intramolecular Hbond substituents is 2. The molecule has 0 amide bonds. The van der Waals surface area contributed by atoms with Crippen molar-refractivity contribution in [2.24, 2.45) is 0 Å². The summed E-state index contributed by atoms with van der Waals surface area (Å²) in [5, 5.41) is 24.6.